The van der Waals surface area contributed by atoms with Crippen molar-refractivity contribution in [1.29, 1.82) is 0 Å². The fourth-order valence-corrected chi connectivity index (χ4v) is 2.86. The Bertz CT molecular complexity index is 899. The Labute approximate surface area is 160 Å². The Balaban J connectivity index is 1.84. The maximum Gasteiger partial charge on any atom is 0.422 e. The third kappa shape index (κ3) is 6.82. The molecule has 0 atom stereocenters. The van der Waals surface area contributed by atoms with Gasteiger partial charge < -0.3 is 10.1 Å². The van der Waals surface area contributed by atoms with Crippen LogP contribution in [0, 0.1) is 0 Å². The van der Waals surface area contributed by atoms with Crippen LogP contribution in [0.25, 0.3) is 0 Å². The van der Waals surface area contributed by atoms with Gasteiger partial charge in [-0.25, -0.2) is 18.1 Å². The number of carbonyl (C=O) groups is 1. The third-order valence-electron chi connectivity index (χ3n) is 3.55. The molecule has 0 fully saturated rings. The molecule has 0 aliphatic heterocycles. The molecule has 0 bridgehead atoms. The highest BCUT2D eigenvalue weighted by Gasteiger charge is 2.28. The zero-order chi connectivity index (χ0) is 20.8. The number of halogens is 3. The van der Waals surface area contributed by atoms with Crippen molar-refractivity contribution in [3.05, 3.63) is 48.2 Å². The maximum atomic E-state index is 12.1. The number of hydrogen-bond donors (Lipinski definition) is 2. The van der Waals surface area contributed by atoms with Crippen LogP contribution in [0.2, 0.25) is 0 Å². The number of carbonyl (C=O) groups excluding carboxylic acids is 1. The quantitative estimate of drug-likeness (QED) is 0.688. The van der Waals surface area contributed by atoms with Gasteiger partial charge in [0.15, 0.2) is 6.61 Å². The summed E-state index contributed by atoms with van der Waals surface area (Å²) in [5.74, 6) is -0.524. The number of alkyl halides is 3. The molecule has 0 saturated carbocycles. The predicted octanol–water partition coefficient (Wildman–Crippen LogP) is 2.50. The van der Waals surface area contributed by atoms with Crippen LogP contribution in [0.15, 0.2) is 47.5 Å². The molecule has 0 unspecified atom stereocenters. The van der Waals surface area contributed by atoms with E-state index in [9.17, 15) is 26.4 Å². The van der Waals surface area contributed by atoms with Gasteiger partial charge in [-0.1, -0.05) is 12.1 Å². The smallest absolute Gasteiger partial charge is 0.422 e. The highest BCUT2D eigenvalue weighted by Crippen LogP contribution is 2.18. The summed E-state index contributed by atoms with van der Waals surface area (Å²) in [6.07, 6.45) is -2.75. The number of nitrogens with one attached hydrogen (secondary N) is 2. The SMILES string of the molecule is CNS(=O)(=O)c1ccc(CCC(=O)Nc2ccc(OCC(F)(F)F)nc2)cc1. The first-order chi connectivity index (χ1) is 13.1. The van der Waals surface area contributed by atoms with Crippen LogP contribution in [0.4, 0.5) is 18.9 Å². The number of amides is 1. The predicted molar refractivity (Wildman–Crippen MR) is 95.4 cm³/mol. The maximum absolute atomic E-state index is 12.1. The fraction of sp³-hybridized carbons (Fsp3) is 0.294. The topological polar surface area (TPSA) is 97.4 Å². The van der Waals surface area contributed by atoms with Gasteiger partial charge in [0.1, 0.15) is 0 Å². The van der Waals surface area contributed by atoms with Crippen LogP contribution >= 0.6 is 0 Å². The van der Waals surface area contributed by atoms with Crippen molar-refractivity contribution in [2.45, 2.75) is 23.9 Å². The second-order valence-electron chi connectivity index (χ2n) is 5.69. The zero-order valence-electron chi connectivity index (χ0n) is 14.8. The molecule has 1 amide bonds. The van der Waals surface area contributed by atoms with Crippen LogP contribution in [0.3, 0.4) is 0 Å². The average Bonchev–Trinajstić information content (AvgIpc) is 2.65. The summed E-state index contributed by atoms with van der Waals surface area (Å²) in [7, 11) is -2.19. The van der Waals surface area contributed by atoms with Gasteiger partial charge in [0.25, 0.3) is 0 Å². The van der Waals surface area contributed by atoms with Gasteiger partial charge in [-0.05, 0) is 37.2 Å². The number of anilines is 1. The Kier molecular flexibility index (Phi) is 6.97. The van der Waals surface area contributed by atoms with E-state index in [4.69, 9.17) is 0 Å². The molecule has 7 nitrogen and oxygen atoms in total. The normalized spacial score (nSPS) is 11.9. The number of ether oxygens (including phenoxy) is 1. The molecular formula is C17H18F3N3O4S. The summed E-state index contributed by atoms with van der Waals surface area (Å²) in [4.78, 5) is 15.8. The number of nitrogens with zero attached hydrogens (tertiary/aromatic N) is 1. The van der Waals surface area contributed by atoms with Crippen molar-refractivity contribution in [2.75, 3.05) is 19.0 Å². The summed E-state index contributed by atoms with van der Waals surface area (Å²) in [5, 5.41) is 2.57. The van der Waals surface area contributed by atoms with Crippen molar-refractivity contribution in [3.8, 4) is 5.88 Å². The van der Waals surface area contributed by atoms with Crippen molar-refractivity contribution < 1.29 is 31.1 Å². The largest absolute Gasteiger partial charge is 0.468 e. The van der Waals surface area contributed by atoms with Crippen LogP contribution in [0.1, 0.15) is 12.0 Å². The lowest BCUT2D eigenvalue weighted by molar-refractivity contribution is -0.154. The number of rotatable bonds is 8. The molecule has 11 heteroatoms. The highest BCUT2D eigenvalue weighted by molar-refractivity contribution is 7.89. The summed E-state index contributed by atoms with van der Waals surface area (Å²) < 4.78 is 66.2. The monoisotopic (exact) mass is 417 g/mol. The zero-order valence-corrected chi connectivity index (χ0v) is 15.6. The Morgan fingerprint density at radius 3 is 2.36 bits per heavy atom. The van der Waals surface area contributed by atoms with E-state index in [-0.39, 0.29) is 23.1 Å². The molecule has 0 spiro atoms. The second-order valence-corrected chi connectivity index (χ2v) is 7.58. The molecule has 152 valence electrons. The Morgan fingerprint density at radius 2 is 1.82 bits per heavy atom. The summed E-state index contributed by atoms with van der Waals surface area (Å²) >= 11 is 0. The minimum atomic E-state index is -4.45. The fourth-order valence-electron chi connectivity index (χ4n) is 2.13. The molecule has 1 aromatic carbocycles. The average molecular weight is 417 g/mol. The first kappa shape index (κ1) is 21.6. The molecule has 2 rings (SSSR count). The van der Waals surface area contributed by atoms with E-state index in [0.717, 1.165) is 5.56 Å². The molecule has 0 aliphatic carbocycles. The van der Waals surface area contributed by atoms with Crippen molar-refractivity contribution >= 4 is 21.6 Å². The summed E-state index contributed by atoms with van der Waals surface area (Å²) in [6, 6.07) is 8.74. The first-order valence-electron chi connectivity index (χ1n) is 8.07. The van der Waals surface area contributed by atoms with E-state index in [2.05, 4.69) is 19.8 Å². The molecule has 2 N–H and O–H groups in total. The van der Waals surface area contributed by atoms with E-state index in [0.29, 0.717) is 12.1 Å². The minimum Gasteiger partial charge on any atom is -0.468 e. The van der Waals surface area contributed by atoms with Crippen LogP contribution in [-0.4, -0.2) is 39.1 Å². The van der Waals surface area contributed by atoms with Gasteiger partial charge in [-0.3, -0.25) is 4.79 Å². The first-order valence-corrected chi connectivity index (χ1v) is 9.55. The van der Waals surface area contributed by atoms with Gasteiger partial charge in [0.05, 0.1) is 16.8 Å². The highest BCUT2D eigenvalue weighted by atomic mass is 32.2. The van der Waals surface area contributed by atoms with E-state index in [1.165, 1.54) is 37.5 Å². The van der Waals surface area contributed by atoms with Crippen molar-refractivity contribution in [2.24, 2.45) is 0 Å². The van der Waals surface area contributed by atoms with Crippen molar-refractivity contribution in [3.63, 3.8) is 0 Å². The Morgan fingerprint density at radius 1 is 1.14 bits per heavy atom. The lowest BCUT2D eigenvalue weighted by atomic mass is 10.1. The molecular weight excluding hydrogens is 399 g/mol. The number of benzene rings is 1. The van der Waals surface area contributed by atoms with Crippen LogP contribution in [-0.2, 0) is 21.2 Å². The number of pyridine rings is 1. The lowest BCUT2D eigenvalue weighted by Crippen LogP contribution is -2.19. The van der Waals surface area contributed by atoms with E-state index in [1.807, 2.05) is 0 Å². The standard InChI is InChI=1S/C17H18F3N3O4S/c1-21-28(25,26)14-6-2-12(3-7-14)4-8-15(24)23-13-5-9-16(22-10-13)27-11-17(18,19)20/h2-3,5-7,9-10,21H,4,8,11H2,1H3,(H,23,24). The van der Waals surface area contributed by atoms with Gasteiger partial charge >= 0.3 is 6.18 Å². The van der Waals surface area contributed by atoms with Gasteiger partial charge in [0, 0.05) is 12.5 Å². The number of sulfonamides is 1. The molecule has 1 heterocycles. The van der Waals surface area contributed by atoms with Gasteiger partial charge in [-0.15, -0.1) is 0 Å². The van der Waals surface area contributed by atoms with Crippen molar-refractivity contribution in [1.82, 2.24) is 9.71 Å². The van der Waals surface area contributed by atoms with E-state index < -0.39 is 22.8 Å². The van der Waals surface area contributed by atoms with Crippen LogP contribution in [0.5, 0.6) is 5.88 Å². The molecule has 1 aromatic heterocycles. The summed E-state index contributed by atoms with van der Waals surface area (Å²) in [5.41, 5.74) is 1.10. The van der Waals surface area contributed by atoms with Crippen LogP contribution < -0.4 is 14.8 Å². The van der Waals surface area contributed by atoms with Gasteiger partial charge in [-0.2, -0.15) is 13.2 Å². The van der Waals surface area contributed by atoms with Gasteiger partial charge in [0.2, 0.25) is 21.8 Å². The third-order valence-corrected chi connectivity index (χ3v) is 4.98. The van der Waals surface area contributed by atoms with E-state index in [1.54, 1.807) is 12.1 Å². The second kappa shape index (κ2) is 9.02. The van der Waals surface area contributed by atoms with E-state index >= 15 is 0 Å². The lowest BCUT2D eigenvalue weighted by Gasteiger charge is -2.09. The molecule has 0 radical (unpaired) electrons. The number of hydrogen-bond acceptors (Lipinski definition) is 5. The minimum absolute atomic E-state index is 0.127. The number of aromatic nitrogens is 1. The molecule has 0 saturated heterocycles. The molecule has 0 aliphatic rings. The number of aryl methyl sites for hydroxylation is 1. The Hall–Kier alpha value is -2.66. The molecule has 2 aromatic rings. The molecule has 28 heavy (non-hydrogen) atoms. The summed E-state index contributed by atoms with van der Waals surface area (Å²) in [6.45, 7) is -1.44.